The van der Waals surface area contributed by atoms with Crippen molar-refractivity contribution < 1.29 is 4.79 Å². The summed E-state index contributed by atoms with van der Waals surface area (Å²) >= 11 is 5.63. The average molecular weight is 242 g/mol. The molecule has 1 atom stereocenters. The van der Waals surface area contributed by atoms with Crippen molar-refractivity contribution in [2.45, 2.75) is 27.2 Å². The highest BCUT2D eigenvalue weighted by Crippen LogP contribution is 2.40. The number of hydrogen-bond donors (Lipinski definition) is 0. The van der Waals surface area contributed by atoms with Crippen molar-refractivity contribution in [1.82, 2.24) is 4.90 Å². The SMILES string of the molecule is C=CCN(C(=O)CCl)C1=CC(C)(C)CC1C. The Balaban J connectivity index is 2.94. The van der Waals surface area contributed by atoms with E-state index in [9.17, 15) is 4.79 Å². The van der Waals surface area contributed by atoms with E-state index in [4.69, 9.17) is 11.6 Å². The molecule has 0 fully saturated rings. The third-order valence-corrected chi connectivity index (χ3v) is 3.14. The number of rotatable bonds is 4. The Kier molecular flexibility index (Phi) is 4.20. The zero-order valence-corrected chi connectivity index (χ0v) is 11.0. The Morgan fingerprint density at radius 1 is 1.75 bits per heavy atom. The first-order chi connectivity index (χ1) is 7.41. The number of amides is 1. The third kappa shape index (κ3) is 2.88. The maximum atomic E-state index is 11.8. The zero-order chi connectivity index (χ0) is 12.3. The molecule has 1 amide bonds. The van der Waals surface area contributed by atoms with Crippen LogP contribution in [-0.4, -0.2) is 23.2 Å². The molecule has 16 heavy (non-hydrogen) atoms. The molecule has 0 saturated heterocycles. The summed E-state index contributed by atoms with van der Waals surface area (Å²) in [5.41, 5.74) is 1.26. The minimum absolute atomic E-state index is 0.0261. The van der Waals surface area contributed by atoms with Crippen LogP contribution in [0.1, 0.15) is 27.2 Å². The van der Waals surface area contributed by atoms with E-state index in [2.05, 4.69) is 33.4 Å². The molecule has 0 aromatic rings. The lowest BCUT2D eigenvalue weighted by Crippen LogP contribution is -2.32. The summed E-state index contributed by atoms with van der Waals surface area (Å²) < 4.78 is 0. The van der Waals surface area contributed by atoms with Crippen LogP contribution in [0, 0.1) is 11.3 Å². The van der Waals surface area contributed by atoms with E-state index < -0.39 is 0 Å². The molecule has 0 spiro atoms. The number of halogens is 1. The molecule has 0 bridgehead atoms. The molecule has 0 aromatic heterocycles. The van der Waals surface area contributed by atoms with Gasteiger partial charge >= 0.3 is 0 Å². The van der Waals surface area contributed by atoms with Crippen LogP contribution in [0.4, 0.5) is 0 Å². The van der Waals surface area contributed by atoms with E-state index in [1.165, 1.54) is 0 Å². The summed E-state index contributed by atoms with van der Waals surface area (Å²) in [5, 5.41) is 0. The van der Waals surface area contributed by atoms with Crippen LogP contribution in [0.2, 0.25) is 0 Å². The molecule has 1 rings (SSSR count). The Bertz CT molecular complexity index is 320. The van der Waals surface area contributed by atoms with Crippen molar-refractivity contribution in [3.8, 4) is 0 Å². The van der Waals surface area contributed by atoms with Gasteiger partial charge in [-0.15, -0.1) is 18.2 Å². The lowest BCUT2D eigenvalue weighted by atomic mass is 9.91. The van der Waals surface area contributed by atoms with Gasteiger partial charge in [0.2, 0.25) is 5.91 Å². The molecule has 1 unspecified atom stereocenters. The first-order valence-corrected chi connectivity index (χ1v) is 6.14. The number of carbonyl (C=O) groups is 1. The Hall–Kier alpha value is -0.760. The van der Waals surface area contributed by atoms with Crippen LogP contribution in [-0.2, 0) is 4.79 Å². The van der Waals surface area contributed by atoms with Gasteiger partial charge in [0.05, 0.1) is 0 Å². The number of allylic oxidation sites excluding steroid dienone is 2. The predicted molar refractivity (Wildman–Crippen MR) is 68.3 cm³/mol. The molecule has 0 heterocycles. The van der Waals surface area contributed by atoms with E-state index in [1.54, 1.807) is 11.0 Å². The summed E-state index contributed by atoms with van der Waals surface area (Å²) in [6, 6.07) is 0. The molecule has 90 valence electrons. The molecule has 0 aliphatic heterocycles. The molecule has 0 aromatic carbocycles. The molecular weight excluding hydrogens is 222 g/mol. The fraction of sp³-hybridized carbons (Fsp3) is 0.615. The zero-order valence-electron chi connectivity index (χ0n) is 10.3. The number of carbonyl (C=O) groups excluding carboxylic acids is 1. The van der Waals surface area contributed by atoms with Crippen molar-refractivity contribution in [3.05, 3.63) is 24.4 Å². The average Bonchev–Trinajstić information content (AvgIpc) is 2.47. The lowest BCUT2D eigenvalue weighted by molar-refractivity contribution is -0.126. The van der Waals surface area contributed by atoms with Gasteiger partial charge in [0, 0.05) is 12.2 Å². The second kappa shape index (κ2) is 5.05. The van der Waals surface area contributed by atoms with Gasteiger partial charge in [-0.3, -0.25) is 4.79 Å². The summed E-state index contributed by atoms with van der Waals surface area (Å²) in [6.45, 7) is 10.8. The first-order valence-electron chi connectivity index (χ1n) is 5.61. The summed E-state index contributed by atoms with van der Waals surface area (Å²) in [5.74, 6) is 0.387. The van der Waals surface area contributed by atoms with E-state index in [1.807, 2.05) is 0 Å². The van der Waals surface area contributed by atoms with Crippen LogP contribution in [0.15, 0.2) is 24.4 Å². The fourth-order valence-electron chi connectivity index (χ4n) is 2.39. The number of hydrogen-bond acceptors (Lipinski definition) is 1. The van der Waals surface area contributed by atoms with E-state index in [0.717, 1.165) is 12.1 Å². The summed E-state index contributed by atoms with van der Waals surface area (Å²) in [4.78, 5) is 13.5. The highest BCUT2D eigenvalue weighted by atomic mass is 35.5. The molecule has 2 nitrogen and oxygen atoms in total. The number of nitrogens with zero attached hydrogens (tertiary/aromatic N) is 1. The maximum absolute atomic E-state index is 11.8. The van der Waals surface area contributed by atoms with Crippen LogP contribution >= 0.6 is 11.6 Å². The minimum atomic E-state index is -0.0441. The van der Waals surface area contributed by atoms with Crippen molar-refractivity contribution in [3.63, 3.8) is 0 Å². The smallest absolute Gasteiger partial charge is 0.241 e. The molecule has 0 saturated carbocycles. The second-order valence-corrected chi connectivity index (χ2v) is 5.36. The Labute approximate surface area is 103 Å². The van der Waals surface area contributed by atoms with Gasteiger partial charge in [-0.2, -0.15) is 0 Å². The molecule has 0 radical (unpaired) electrons. The highest BCUT2D eigenvalue weighted by Gasteiger charge is 2.33. The third-order valence-electron chi connectivity index (χ3n) is 2.91. The van der Waals surface area contributed by atoms with Gasteiger partial charge < -0.3 is 4.90 Å². The number of alkyl halides is 1. The van der Waals surface area contributed by atoms with E-state index >= 15 is 0 Å². The van der Waals surface area contributed by atoms with Crippen LogP contribution < -0.4 is 0 Å². The monoisotopic (exact) mass is 241 g/mol. The fourth-order valence-corrected chi connectivity index (χ4v) is 2.54. The van der Waals surface area contributed by atoms with E-state index in [0.29, 0.717) is 12.5 Å². The van der Waals surface area contributed by atoms with Gasteiger partial charge in [0.1, 0.15) is 5.88 Å². The van der Waals surface area contributed by atoms with Crippen LogP contribution in [0.25, 0.3) is 0 Å². The van der Waals surface area contributed by atoms with Crippen molar-refractivity contribution in [1.29, 1.82) is 0 Å². The summed E-state index contributed by atoms with van der Waals surface area (Å²) in [6.07, 6.45) is 5.00. The topological polar surface area (TPSA) is 20.3 Å². The minimum Gasteiger partial charge on any atom is -0.311 e. The maximum Gasteiger partial charge on any atom is 0.241 e. The van der Waals surface area contributed by atoms with Crippen molar-refractivity contribution >= 4 is 17.5 Å². The van der Waals surface area contributed by atoms with Gasteiger partial charge in [-0.1, -0.05) is 32.9 Å². The predicted octanol–water partition coefficient (Wildman–Crippen LogP) is 3.19. The van der Waals surface area contributed by atoms with Crippen molar-refractivity contribution in [2.24, 2.45) is 11.3 Å². The lowest BCUT2D eigenvalue weighted by Gasteiger charge is -2.24. The molecule has 3 heteroatoms. The quantitative estimate of drug-likeness (QED) is 0.547. The highest BCUT2D eigenvalue weighted by molar-refractivity contribution is 6.27. The normalized spacial score (nSPS) is 22.8. The largest absolute Gasteiger partial charge is 0.311 e. The molecular formula is C13H20ClNO. The second-order valence-electron chi connectivity index (χ2n) is 5.09. The van der Waals surface area contributed by atoms with Gasteiger partial charge in [-0.05, 0) is 17.8 Å². The Morgan fingerprint density at radius 3 is 2.75 bits per heavy atom. The van der Waals surface area contributed by atoms with Crippen LogP contribution in [0.5, 0.6) is 0 Å². The van der Waals surface area contributed by atoms with Gasteiger partial charge in [0.15, 0.2) is 0 Å². The van der Waals surface area contributed by atoms with Gasteiger partial charge in [-0.25, -0.2) is 0 Å². The Morgan fingerprint density at radius 2 is 2.38 bits per heavy atom. The molecule has 1 aliphatic carbocycles. The van der Waals surface area contributed by atoms with E-state index in [-0.39, 0.29) is 17.2 Å². The summed E-state index contributed by atoms with van der Waals surface area (Å²) in [7, 11) is 0. The van der Waals surface area contributed by atoms with Gasteiger partial charge in [0.25, 0.3) is 0 Å². The molecule has 1 aliphatic rings. The molecule has 0 N–H and O–H groups in total. The van der Waals surface area contributed by atoms with Crippen molar-refractivity contribution in [2.75, 3.05) is 12.4 Å². The first kappa shape index (κ1) is 13.3. The van der Waals surface area contributed by atoms with Crippen LogP contribution in [0.3, 0.4) is 0 Å². The standard InChI is InChI=1S/C13H20ClNO/c1-5-6-15(12(16)9-14)11-8-13(3,4)7-10(11)2/h5,8,10H,1,6-7,9H2,2-4H3.